The summed E-state index contributed by atoms with van der Waals surface area (Å²) in [5.74, 6) is 5.16. The molecule has 0 bridgehead atoms. The predicted molar refractivity (Wildman–Crippen MR) is 79.9 cm³/mol. The lowest BCUT2D eigenvalue weighted by atomic mass is 10.1. The fourth-order valence-electron chi connectivity index (χ4n) is 1.78. The van der Waals surface area contributed by atoms with Crippen LogP contribution in [0.4, 0.5) is 0 Å². The molecule has 0 rings (SSSR count). The molecule has 0 radical (unpaired) electrons. The molecule has 0 amide bonds. The molecule has 21 heavy (non-hydrogen) atoms. The molecular weight excluding hydrogens is 276 g/mol. The third-order valence-corrected chi connectivity index (χ3v) is 3.01. The standard InChI is InChI=1S/C14H30N2O5/c1-13(2)14(12-17)16(3)4-5-18-6-7-19-8-9-20-10-11-21-15/h12-14H,4-11,15H2,1-3H3. The fourth-order valence-corrected chi connectivity index (χ4v) is 1.78. The Labute approximate surface area is 127 Å². The number of nitrogens with zero attached hydrogens (tertiary/aromatic N) is 1. The molecule has 0 aliphatic carbocycles. The second kappa shape index (κ2) is 14.4. The number of carbonyl (C=O) groups is 1. The quantitative estimate of drug-likeness (QED) is 0.261. The van der Waals surface area contributed by atoms with Crippen LogP contribution >= 0.6 is 0 Å². The van der Waals surface area contributed by atoms with Gasteiger partial charge in [0.05, 0.1) is 52.3 Å². The van der Waals surface area contributed by atoms with Gasteiger partial charge in [-0.15, -0.1) is 0 Å². The minimum atomic E-state index is -0.0560. The van der Waals surface area contributed by atoms with Crippen molar-refractivity contribution in [3.63, 3.8) is 0 Å². The van der Waals surface area contributed by atoms with Crippen molar-refractivity contribution in [3.8, 4) is 0 Å². The number of carbonyl (C=O) groups excluding carboxylic acids is 1. The van der Waals surface area contributed by atoms with Crippen LogP contribution in [0.25, 0.3) is 0 Å². The van der Waals surface area contributed by atoms with E-state index in [1.165, 1.54) is 0 Å². The zero-order valence-electron chi connectivity index (χ0n) is 13.5. The highest BCUT2D eigenvalue weighted by atomic mass is 16.6. The summed E-state index contributed by atoms with van der Waals surface area (Å²) in [6.45, 7) is 8.33. The maximum absolute atomic E-state index is 11.0. The number of rotatable bonds is 15. The normalized spacial score (nSPS) is 13.0. The van der Waals surface area contributed by atoms with Gasteiger partial charge >= 0.3 is 0 Å². The lowest BCUT2D eigenvalue weighted by Gasteiger charge is -2.26. The first-order valence-electron chi connectivity index (χ1n) is 7.34. The second-order valence-corrected chi connectivity index (χ2v) is 5.06. The topological polar surface area (TPSA) is 83.2 Å². The van der Waals surface area contributed by atoms with Crippen LogP contribution in [-0.2, 0) is 23.8 Å². The monoisotopic (exact) mass is 306 g/mol. The van der Waals surface area contributed by atoms with Crippen molar-refractivity contribution < 1.29 is 23.8 Å². The van der Waals surface area contributed by atoms with E-state index in [9.17, 15) is 4.79 Å². The van der Waals surface area contributed by atoms with E-state index >= 15 is 0 Å². The Morgan fingerprint density at radius 2 is 1.43 bits per heavy atom. The molecule has 2 N–H and O–H groups in total. The van der Waals surface area contributed by atoms with Gasteiger partial charge in [0.2, 0.25) is 0 Å². The average Bonchev–Trinajstić information content (AvgIpc) is 2.45. The van der Waals surface area contributed by atoms with E-state index in [4.69, 9.17) is 20.1 Å². The van der Waals surface area contributed by atoms with Gasteiger partial charge in [0, 0.05) is 6.54 Å². The molecule has 0 aromatic carbocycles. The van der Waals surface area contributed by atoms with Crippen LogP contribution in [0.3, 0.4) is 0 Å². The number of aldehydes is 1. The second-order valence-electron chi connectivity index (χ2n) is 5.06. The van der Waals surface area contributed by atoms with Crippen LogP contribution in [-0.4, -0.2) is 77.1 Å². The van der Waals surface area contributed by atoms with E-state index < -0.39 is 0 Å². The Hall–Kier alpha value is -0.570. The molecule has 0 saturated heterocycles. The summed E-state index contributed by atoms with van der Waals surface area (Å²) in [6, 6.07) is -0.0560. The SMILES string of the molecule is CC(C)C(C=O)N(C)CCOCCOCCOCCON. The highest BCUT2D eigenvalue weighted by molar-refractivity contribution is 5.57. The first-order chi connectivity index (χ1) is 10.1. The summed E-state index contributed by atoms with van der Waals surface area (Å²) in [4.78, 5) is 17.3. The lowest BCUT2D eigenvalue weighted by Crippen LogP contribution is -2.39. The number of hydrogen-bond acceptors (Lipinski definition) is 7. The van der Waals surface area contributed by atoms with Crippen LogP contribution in [0.1, 0.15) is 13.8 Å². The van der Waals surface area contributed by atoms with Gasteiger partial charge in [0.1, 0.15) is 6.29 Å². The zero-order valence-corrected chi connectivity index (χ0v) is 13.5. The minimum Gasteiger partial charge on any atom is -0.378 e. The van der Waals surface area contributed by atoms with Gasteiger partial charge < -0.3 is 23.8 Å². The Bertz CT molecular complexity index is 241. The Morgan fingerprint density at radius 3 is 1.86 bits per heavy atom. The van der Waals surface area contributed by atoms with Crippen LogP contribution < -0.4 is 5.90 Å². The predicted octanol–water partition coefficient (Wildman–Crippen LogP) is 0.0818. The van der Waals surface area contributed by atoms with E-state index in [1.807, 2.05) is 25.8 Å². The Balaban J connectivity index is 3.34. The third kappa shape index (κ3) is 11.7. The van der Waals surface area contributed by atoms with Gasteiger partial charge in [-0.1, -0.05) is 13.8 Å². The largest absolute Gasteiger partial charge is 0.378 e. The van der Waals surface area contributed by atoms with Crippen molar-refractivity contribution in [3.05, 3.63) is 0 Å². The van der Waals surface area contributed by atoms with Gasteiger partial charge in [0.15, 0.2) is 0 Å². The van der Waals surface area contributed by atoms with Crippen LogP contribution in [0.2, 0.25) is 0 Å². The molecule has 0 fully saturated rings. The zero-order chi connectivity index (χ0) is 15.9. The third-order valence-electron chi connectivity index (χ3n) is 3.01. The van der Waals surface area contributed by atoms with Crippen LogP contribution in [0.5, 0.6) is 0 Å². The summed E-state index contributed by atoms with van der Waals surface area (Å²) < 4.78 is 16.0. The van der Waals surface area contributed by atoms with Crippen molar-refractivity contribution in [2.45, 2.75) is 19.9 Å². The van der Waals surface area contributed by atoms with Gasteiger partial charge in [-0.2, -0.15) is 0 Å². The average molecular weight is 306 g/mol. The van der Waals surface area contributed by atoms with Crippen molar-refractivity contribution in [1.29, 1.82) is 0 Å². The first-order valence-corrected chi connectivity index (χ1v) is 7.34. The maximum atomic E-state index is 11.0. The number of nitrogens with two attached hydrogens (primary N) is 1. The molecule has 0 aliphatic rings. The molecule has 0 heterocycles. The summed E-state index contributed by atoms with van der Waals surface area (Å²) >= 11 is 0. The van der Waals surface area contributed by atoms with Crippen LogP contribution in [0.15, 0.2) is 0 Å². The van der Waals surface area contributed by atoms with E-state index in [-0.39, 0.29) is 6.04 Å². The van der Waals surface area contributed by atoms with Gasteiger partial charge in [0.25, 0.3) is 0 Å². The van der Waals surface area contributed by atoms with Gasteiger partial charge in [-0.25, -0.2) is 5.90 Å². The molecule has 1 atom stereocenters. The molecule has 0 saturated carbocycles. The molecule has 0 aromatic rings. The summed E-state index contributed by atoms with van der Waals surface area (Å²) in [7, 11) is 1.93. The van der Waals surface area contributed by atoms with E-state index in [1.54, 1.807) is 0 Å². The van der Waals surface area contributed by atoms with Crippen LogP contribution in [0, 0.1) is 5.92 Å². The highest BCUT2D eigenvalue weighted by Gasteiger charge is 2.16. The highest BCUT2D eigenvalue weighted by Crippen LogP contribution is 2.05. The van der Waals surface area contributed by atoms with E-state index in [0.717, 1.165) is 12.8 Å². The fraction of sp³-hybridized carbons (Fsp3) is 0.929. The Morgan fingerprint density at radius 1 is 0.952 bits per heavy atom. The lowest BCUT2D eigenvalue weighted by molar-refractivity contribution is -0.113. The molecular formula is C14H30N2O5. The molecule has 126 valence electrons. The maximum Gasteiger partial charge on any atom is 0.137 e. The summed E-state index contributed by atoms with van der Waals surface area (Å²) in [5, 5.41) is 0. The molecule has 0 aliphatic heterocycles. The number of likely N-dealkylation sites (N-methyl/N-ethyl adjacent to an activating group) is 1. The Kier molecular flexibility index (Phi) is 14.0. The molecule has 7 heteroatoms. The van der Waals surface area contributed by atoms with Crippen molar-refractivity contribution >= 4 is 6.29 Å². The molecule has 7 nitrogen and oxygen atoms in total. The van der Waals surface area contributed by atoms with Crippen molar-refractivity contribution in [2.75, 3.05) is 59.8 Å². The van der Waals surface area contributed by atoms with Gasteiger partial charge in [-0.3, -0.25) is 4.90 Å². The molecule has 0 spiro atoms. The molecule has 1 unspecified atom stereocenters. The van der Waals surface area contributed by atoms with E-state index in [2.05, 4.69) is 4.84 Å². The number of ether oxygens (including phenoxy) is 3. The van der Waals surface area contributed by atoms with Crippen molar-refractivity contribution in [1.82, 2.24) is 4.90 Å². The van der Waals surface area contributed by atoms with Gasteiger partial charge in [-0.05, 0) is 13.0 Å². The molecule has 0 aromatic heterocycles. The summed E-state index contributed by atoms with van der Waals surface area (Å²) in [6.07, 6.45) is 0.990. The van der Waals surface area contributed by atoms with Crippen molar-refractivity contribution in [2.24, 2.45) is 11.8 Å². The van der Waals surface area contributed by atoms with E-state index in [0.29, 0.717) is 52.2 Å². The number of hydrogen-bond donors (Lipinski definition) is 1. The minimum absolute atomic E-state index is 0.0560. The smallest absolute Gasteiger partial charge is 0.137 e. The first kappa shape index (κ1) is 20.4. The summed E-state index contributed by atoms with van der Waals surface area (Å²) in [5.41, 5.74) is 0.